The van der Waals surface area contributed by atoms with Crippen molar-refractivity contribution < 1.29 is 24.1 Å². The Bertz CT molecular complexity index is 255. The summed E-state index contributed by atoms with van der Waals surface area (Å²) in [5, 5.41) is 8.69. The molecular weight excluding hydrogens is 212 g/mol. The van der Waals surface area contributed by atoms with Crippen LogP contribution >= 0.6 is 0 Å². The third-order valence-electron chi connectivity index (χ3n) is 3.10. The first-order valence-electron chi connectivity index (χ1n) is 5.78. The molecular formula is C11H18O5. The summed E-state index contributed by atoms with van der Waals surface area (Å²) < 4.78 is 15.2. The van der Waals surface area contributed by atoms with Crippen LogP contribution in [-0.4, -0.2) is 42.8 Å². The minimum absolute atomic E-state index is 0.184. The molecule has 0 spiro atoms. The fourth-order valence-corrected chi connectivity index (χ4v) is 2.06. The molecule has 1 heterocycles. The molecule has 1 N–H and O–H groups in total. The molecule has 92 valence electrons. The highest BCUT2D eigenvalue weighted by Gasteiger charge is 2.44. The molecule has 1 saturated carbocycles. The highest BCUT2D eigenvalue weighted by Crippen LogP contribution is 2.39. The number of ether oxygens (including phenoxy) is 3. The van der Waals surface area contributed by atoms with Crippen LogP contribution in [0.25, 0.3) is 0 Å². The van der Waals surface area contributed by atoms with Crippen molar-refractivity contribution in [2.24, 2.45) is 5.92 Å². The van der Waals surface area contributed by atoms with E-state index in [1.807, 2.05) is 0 Å². The van der Waals surface area contributed by atoms with Gasteiger partial charge in [-0.15, -0.1) is 0 Å². The summed E-state index contributed by atoms with van der Waals surface area (Å²) in [7, 11) is 0. The monoisotopic (exact) mass is 230 g/mol. The van der Waals surface area contributed by atoms with Gasteiger partial charge in [0.1, 0.15) is 6.10 Å². The number of aliphatic hydroxyl groups is 1. The minimum atomic E-state index is -0.694. The van der Waals surface area contributed by atoms with Gasteiger partial charge >= 0.3 is 6.16 Å². The van der Waals surface area contributed by atoms with E-state index >= 15 is 0 Å². The highest BCUT2D eigenvalue weighted by atomic mass is 16.7. The molecule has 2 aliphatic rings. The van der Waals surface area contributed by atoms with E-state index in [9.17, 15) is 4.79 Å². The standard InChI is InChI=1S/C11H18O5/c1-7(5-12)15-11(13)14-6-8-2-3-9-10(4-8)16-9/h7-10,12H,2-6H2,1H3. The first-order valence-corrected chi connectivity index (χ1v) is 5.78. The molecule has 0 aromatic carbocycles. The van der Waals surface area contributed by atoms with Crippen molar-refractivity contribution in [2.75, 3.05) is 13.2 Å². The zero-order chi connectivity index (χ0) is 11.5. The third-order valence-corrected chi connectivity index (χ3v) is 3.10. The van der Waals surface area contributed by atoms with Crippen LogP contribution in [0, 0.1) is 5.92 Å². The minimum Gasteiger partial charge on any atom is -0.434 e. The molecule has 16 heavy (non-hydrogen) atoms. The molecule has 0 aromatic heterocycles. The number of aliphatic hydroxyl groups excluding tert-OH is 1. The van der Waals surface area contributed by atoms with E-state index in [4.69, 9.17) is 19.3 Å². The Balaban J connectivity index is 1.61. The predicted octanol–water partition coefficient (Wildman–Crippen LogP) is 1.09. The number of hydrogen-bond donors (Lipinski definition) is 1. The van der Waals surface area contributed by atoms with Gasteiger partial charge in [0.25, 0.3) is 0 Å². The molecule has 0 aromatic rings. The average Bonchev–Trinajstić information content (AvgIpc) is 3.04. The predicted molar refractivity (Wildman–Crippen MR) is 55.0 cm³/mol. The Morgan fingerprint density at radius 1 is 1.50 bits per heavy atom. The molecule has 0 radical (unpaired) electrons. The van der Waals surface area contributed by atoms with Crippen LogP contribution < -0.4 is 0 Å². The van der Waals surface area contributed by atoms with E-state index in [0.717, 1.165) is 19.3 Å². The molecule has 5 heteroatoms. The lowest BCUT2D eigenvalue weighted by Gasteiger charge is -2.18. The van der Waals surface area contributed by atoms with Gasteiger partial charge in [-0.2, -0.15) is 0 Å². The Morgan fingerprint density at radius 2 is 2.31 bits per heavy atom. The molecule has 4 atom stereocenters. The van der Waals surface area contributed by atoms with Gasteiger partial charge < -0.3 is 19.3 Å². The third kappa shape index (κ3) is 3.09. The maximum absolute atomic E-state index is 11.2. The van der Waals surface area contributed by atoms with Crippen molar-refractivity contribution in [3.63, 3.8) is 0 Å². The van der Waals surface area contributed by atoms with Crippen LogP contribution in [0.2, 0.25) is 0 Å². The summed E-state index contributed by atoms with van der Waals surface area (Å²) >= 11 is 0. The summed E-state index contributed by atoms with van der Waals surface area (Å²) in [6, 6.07) is 0. The molecule has 1 saturated heterocycles. The topological polar surface area (TPSA) is 68.3 Å². The van der Waals surface area contributed by atoms with E-state index < -0.39 is 12.3 Å². The van der Waals surface area contributed by atoms with Gasteiger partial charge in [0, 0.05) is 0 Å². The molecule has 2 rings (SSSR count). The van der Waals surface area contributed by atoms with Gasteiger partial charge in [-0.3, -0.25) is 0 Å². The molecule has 5 nitrogen and oxygen atoms in total. The van der Waals surface area contributed by atoms with Crippen LogP contribution in [0.4, 0.5) is 4.79 Å². The lowest BCUT2D eigenvalue weighted by molar-refractivity contribution is 0.00142. The largest absolute Gasteiger partial charge is 0.508 e. The van der Waals surface area contributed by atoms with Crippen molar-refractivity contribution in [2.45, 2.75) is 44.5 Å². The highest BCUT2D eigenvalue weighted by molar-refractivity contribution is 5.60. The summed E-state index contributed by atoms with van der Waals surface area (Å²) in [5.74, 6) is 0.390. The summed E-state index contributed by atoms with van der Waals surface area (Å²) in [4.78, 5) is 11.2. The van der Waals surface area contributed by atoms with Gasteiger partial charge in [0.15, 0.2) is 0 Å². The fourth-order valence-electron chi connectivity index (χ4n) is 2.06. The quantitative estimate of drug-likeness (QED) is 0.578. The molecule has 0 amide bonds. The first-order chi connectivity index (χ1) is 7.69. The lowest BCUT2D eigenvalue weighted by Crippen LogP contribution is -2.23. The Morgan fingerprint density at radius 3 is 3.00 bits per heavy atom. The van der Waals surface area contributed by atoms with Gasteiger partial charge in [-0.05, 0) is 32.1 Å². The molecule has 4 unspecified atom stereocenters. The Hall–Kier alpha value is -0.810. The SMILES string of the molecule is CC(CO)OC(=O)OCC1CCC2OC2C1. The fraction of sp³-hybridized carbons (Fsp3) is 0.909. The number of fused-ring (bicyclic) bond motifs is 1. The number of carbonyl (C=O) groups is 1. The maximum Gasteiger partial charge on any atom is 0.508 e. The van der Waals surface area contributed by atoms with E-state index in [-0.39, 0.29) is 6.61 Å². The van der Waals surface area contributed by atoms with Crippen LogP contribution in [0.5, 0.6) is 0 Å². The van der Waals surface area contributed by atoms with Crippen molar-refractivity contribution in [3.8, 4) is 0 Å². The van der Waals surface area contributed by atoms with Gasteiger partial charge in [-0.1, -0.05) is 0 Å². The number of hydrogen-bond acceptors (Lipinski definition) is 5. The van der Waals surface area contributed by atoms with E-state index in [2.05, 4.69) is 0 Å². The van der Waals surface area contributed by atoms with Crippen LogP contribution in [-0.2, 0) is 14.2 Å². The van der Waals surface area contributed by atoms with E-state index in [1.165, 1.54) is 0 Å². The average molecular weight is 230 g/mol. The normalized spacial score (nSPS) is 33.8. The first kappa shape index (κ1) is 11.7. The van der Waals surface area contributed by atoms with Gasteiger partial charge in [-0.25, -0.2) is 4.79 Å². The smallest absolute Gasteiger partial charge is 0.434 e. The second kappa shape index (κ2) is 5.01. The van der Waals surface area contributed by atoms with Crippen LogP contribution in [0.1, 0.15) is 26.2 Å². The van der Waals surface area contributed by atoms with Gasteiger partial charge in [0.05, 0.1) is 25.4 Å². The maximum atomic E-state index is 11.2. The van der Waals surface area contributed by atoms with Crippen molar-refractivity contribution in [1.82, 2.24) is 0 Å². The van der Waals surface area contributed by atoms with Crippen molar-refractivity contribution >= 4 is 6.16 Å². The van der Waals surface area contributed by atoms with Crippen LogP contribution in [0.15, 0.2) is 0 Å². The van der Waals surface area contributed by atoms with Crippen LogP contribution in [0.3, 0.4) is 0 Å². The molecule has 2 fully saturated rings. The molecule has 1 aliphatic carbocycles. The number of carbonyl (C=O) groups excluding carboxylic acids is 1. The second-order valence-electron chi connectivity index (χ2n) is 4.56. The zero-order valence-corrected chi connectivity index (χ0v) is 9.43. The Kier molecular flexibility index (Phi) is 3.66. The molecule has 0 bridgehead atoms. The number of epoxide rings is 1. The van der Waals surface area contributed by atoms with E-state index in [1.54, 1.807) is 6.92 Å². The van der Waals surface area contributed by atoms with E-state index in [0.29, 0.717) is 24.7 Å². The zero-order valence-electron chi connectivity index (χ0n) is 9.43. The lowest BCUT2D eigenvalue weighted by atomic mass is 9.90. The van der Waals surface area contributed by atoms with Crippen molar-refractivity contribution in [1.29, 1.82) is 0 Å². The number of rotatable bonds is 4. The van der Waals surface area contributed by atoms with Crippen molar-refractivity contribution in [3.05, 3.63) is 0 Å². The molecule has 1 aliphatic heterocycles. The van der Waals surface area contributed by atoms with Gasteiger partial charge in [0.2, 0.25) is 0 Å². The summed E-state index contributed by atoms with van der Waals surface area (Å²) in [5.41, 5.74) is 0. The Labute approximate surface area is 94.7 Å². The second-order valence-corrected chi connectivity index (χ2v) is 4.56. The summed E-state index contributed by atoms with van der Waals surface area (Å²) in [6.45, 7) is 1.82. The summed E-state index contributed by atoms with van der Waals surface area (Å²) in [6.07, 6.45) is 2.76.